The van der Waals surface area contributed by atoms with Crippen LogP contribution in [0.3, 0.4) is 0 Å². The molecule has 21 heavy (non-hydrogen) atoms. The van der Waals surface area contributed by atoms with E-state index in [9.17, 15) is 14.0 Å². The number of hydrogen-bond acceptors (Lipinski definition) is 5. The third-order valence-electron chi connectivity index (χ3n) is 2.50. The molecule has 1 unspecified atom stereocenters. The molecule has 3 N–H and O–H groups in total. The highest BCUT2D eigenvalue weighted by Crippen LogP contribution is 2.11. The van der Waals surface area contributed by atoms with Gasteiger partial charge in [0, 0.05) is 5.69 Å². The minimum Gasteiger partial charge on any atom is -0.465 e. The third kappa shape index (κ3) is 7.10. The number of nitrogens with one attached hydrogen (secondary N) is 1. The molecule has 0 aromatic heterocycles. The van der Waals surface area contributed by atoms with Crippen LogP contribution in [0.1, 0.15) is 13.3 Å². The number of carbonyl (C=O) groups excluding carboxylic acids is 2. The summed E-state index contributed by atoms with van der Waals surface area (Å²) in [7, 11) is 0. The summed E-state index contributed by atoms with van der Waals surface area (Å²) in [5.41, 5.74) is 6.05. The molecule has 1 aromatic carbocycles. The zero-order valence-electron chi connectivity index (χ0n) is 11.8. The highest BCUT2D eigenvalue weighted by molar-refractivity contribution is 7.99. The topological polar surface area (TPSA) is 81.4 Å². The summed E-state index contributed by atoms with van der Waals surface area (Å²) >= 11 is 1.36. The Labute approximate surface area is 127 Å². The van der Waals surface area contributed by atoms with Crippen LogP contribution in [0.4, 0.5) is 10.1 Å². The van der Waals surface area contributed by atoms with Gasteiger partial charge >= 0.3 is 5.97 Å². The van der Waals surface area contributed by atoms with Crippen molar-refractivity contribution in [1.82, 2.24) is 0 Å². The van der Waals surface area contributed by atoms with Gasteiger partial charge in [-0.3, -0.25) is 9.59 Å². The van der Waals surface area contributed by atoms with E-state index in [-0.39, 0.29) is 11.7 Å². The average molecular weight is 314 g/mol. The number of benzene rings is 1. The molecule has 1 atom stereocenters. The van der Waals surface area contributed by atoms with Crippen molar-refractivity contribution >= 4 is 29.3 Å². The van der Waals surface area contributed by atoms with E-state index < -0.39 is 17.8 Å². The van der Waals surface area contributed by atoms with Crippen LogP contribution in [0.25, 0.3) is 0 Å². The molecule has 1 rings (SSSR count). The number of ether oxygens (including phenoxy) is 1. The van der Waals surface area contributed by atoms with Crippen molar-refractivity contribution in [2.45, 2.75) is 19.4 Å². The van der Waals surface area contributed by atoms with Crippen molar-refractivity contribution in [3.05, 3.63) is 30.1 Å². The van der Waals surface area contributed by atoms with E-state index in [1.165, 1.54) is 30.0 Å². The van der Waals surface area contributed by atoms with Gasteiger partial charge in [0.2, 0.25) is 5.91 Å². The van der Waals surface area contributed by atoms with E-state index >= 15 is 0 Å². The third-order valence-corrected chi connectivity index (χ3v) is 3.49. The van der Waals surface area contributed by atoms with Gasteiger partial charge in [-0.05, 0) is 37.3 Å². The number of nitrogens with two attached hydrogens (primary N) is 1. The van der Waals surface area contributed by atoms with Crippen molar-refractivity contribution in [2.24, 2.45) is 5.73 Å². The van der Waals surface area contributed by atoms with Crippen LogP contribution in [0.5, 0.6) is 0 Å². The molecule has 0 aliphatic carbocycles. The van der Waals surface area contributed by atoms with Crippen LogP contribution in [-0.4, -0.2) is 36.0 Å². The largest absolute Gasteiger partial charge is 0.465 e. The first-order chi connectivity index (χ1) is 10.0. The Morgan fingerprint density at radius 2 is 2.24 bits per heavy atom. The quantitative estimate of drug-likeness (QED) is 0.564. The maximum atomic E-state index is 12.9. The molecule has 0 aliphatic heterocycles. The minimum atomic E-state index is -0.663. The van der Waals surface area contributed by atoms with Crippen LogP contribution in [0.2, 0.25) is 0 Å². The van der Waals surface area contributed by atoms with Crippen LogP contribution in [-0.2, 0) is 14.3 Å². The number of esters is 1. The molecule has 0 radical (unpaired) electrons. The predicted molar refractivity (Wildman–Crippen MR) is 81.6 cm³/mol. The molecule has 1 amide bonds. The summed E-state index contributed by atoms with van der Waals surface area (Å²) in [6.07, 6.45) is 0.441. The van der Waals surface area contributed by atoms with E-state index in [4.69, 9.17) is 10.5 Å². The Hall–Kier alpha value is -1.60. The number of carbonyl (C=O) groups is 2. The van der Waals surface area contributed by atoms with Crippen LogP contribution in [0, 0.1) is 5.82 Å². The first-order valence-corrected chi connectivity index (χ1v) is 7.73. The number of thioether (sulfide) groups is 1. The molecule has 116 valence electrons. The Kier molecular flexibility index (Phi) is 7.78. The fourth-order valence-corrected chi connectivity index (χ4v) is 2.33. The minimum absolute atomic E-state index is 0.214. The average Bonchev–Trinajstić information content (AvgIpc) is 2.43. The lowest BCUT2D eigenvalue weighted by Crippen LogP contribution is -2.32. The van der Waals surface area contributed by atoms with Gasteiger partial charge in [-0.25, -0.2) is 4.39 Å². The maximum absolute atomic E-state index is 12.9. The van der Waals surface area contributed by atoms with Crippen molar-refractivity contribution in [3.63, 3.8) is 0 Å². The van der Waals surface area contributed by atoms with Crippen molar-refractivity contribution in [3.8, 4) is 0 Å². The second kappa shape index (κ2) is 9.36. The second-order valence-corrected chi connectivity index (χ2v) is 5.36. The molecule has 0 heterocycles. The van der Waals surface area contributed by atoms with Gasteiger partial charge in [0.25, 0.3) is 0 Å². The lowest BCUT2D eigenvalue weighted by molar-refractivity contribution is -0.144. The SMILES string of the molecule is CCOC(=O)C(N)CCSCC(=O)Nc1cccc(F)c1. The van der Waals surface area contributed by atoms with Crippen LogP contribution < -0.4 is 11.1 Å². The lowest BCUT2D eigenvalue weighted by Gasteiger charge is -2.10. The molecule has 1 aromatic rings. The van der Waals surface area contributed by atoms with E-state index in [1.54, 1.807) is 13.0 Å². The fourth-order valence-electron chi connectivity index (χ4n) is 1.51. The Morgan fingerprint density at radius 1 is 1.48 bits per heavy atom. The van der Waals surface area contributed by atoms with Crippen LogP contribution >= 0.6 is 11.8 Å². The summed E-state index contributed by atoms with van der Waals surface area (Å²) in [6.45, 7) is 2.02. The zero-order valence-corrected chi connectivity index (χ0v) is 12.6. The van der Waals surface area contributed by atoms with Crippen molar-refractivity contribution < 1.29 is 18.7 Å². The summed E-state index contributed by atoms with van der Waals surface area (Å²) < 4.78 is 17.7. The molecule has 0 bridgehead atoms. The number of anilines is 1. The highest BCUT2D eigenvalue weighted by atomic mass is 32.2. The van der Waals surface area contributed by atoms with Gasteiger partial charge in [-0.15, -0.1) is 0 Å². The van der Waals surface area contributed by atoms with Gasteiger partial charge < -0.3 is 15.8 Å². The van der Waals surface area contributed by atoms with Gasteiger partial charge in [0.05, 0.1) is 12.4 Å². The highest BCUT2D eigenvalue weighted by Gasteiger charge is 2.14. The summed E-state index contributed by atoms with van der Waals surface area (Å²) in [4.78, 5) is 22.9. The van der Waals surface area contributed by atoms with Crippen molar-refractivity contribution in [1.29, 1.82) is 0 Å². The Bertz CT molecular complexity index is 485. The molecule has 7 heteroatoms. The monoisotopic (exact) mass is 314 g/mol. The fraction of sp³-hybridized carbons (Fsp3) is 0.429. The van der Waals surface area contributed by atoms with Gasteiger partial charge in [0.1, 0.15) is 11.9 Å². The number of halogens is 1. The number of amides is 1. The van der Waals surface area contributed by atoms with E-state index in [0.717, 1.165) is 0 Å². The molecular weight excluding hydrogens is 295 g/mol. The van der Waals surface area contributed by atoms with E-state index in [2.05, 4.69) is 5.32 Å². The van der Waals surface area contributed by atoms with Gasteiger partial charge in [-0.2, -0.15) is 11.8 Å². The normalized spacial score (nSPS) is 11.8. The first kappa shape index (κ1) is 17.5. The molecule has 0 fully saturated rings. The molecular formula is C14H19FN2O3S. The standard InChI is InChI=1S/C14H19FN2O3S/c1-2-20-14(19)12(16)6-7-21-9-13(18)17-11-5-3-4-10(15)8-11/h3-5,8,12H,2,6-7,9,16H2,1H3,(H,17,18). The first-order valence-electron chi connectivity index (χ1n) is 6.58. The lowest BCUT2D eigenvalue weighted by atomic mass is 10.2. The zero-order chi connectivity index (χ0) is 15.7. The van der Waals surface area contributed by atoms with E-state index in [0.29, 0.717) is 24.5 Å². The van der Waals surface area contributed by atoms with Crippen LogP contribution in [0.15, 0.2) is 24.3 Å². The van der Waals surface area contributed by atoms with Gasteiger partial charge in [-0.1, -0.05) is 6.07 Å². The second-order valence-electron chi connectivity index (χ2n) is 4.26. The molecule has 0 aliphatic rings. The summed E-state index contributed by atoms with van der Waals surface area (Å²) in [5.74, 6) is -0.277. The maximum Gasteiger partial charge on any atom is 0.322 e. The molecule has 0 spiro atoms. The number of rotatable bonds is 8. The number of hydrogen-bond donors (Lipinski definition) is 2. The van der Waals surface area contributed by atoms with Gasteiger partial charge in [0.15, 0.2) is 0 Å². The van der Waals surface area contributed by atoms with Crippen molar-refractivity contribution in [2.75, 3.05) is 23.4 Å². The Balaban J connectivity index is 2.20. The molecule has 0 saturated heterocycles. The Morgan fingerprint density at radius 3 is 2.90 bits per heavy atom. The smallest absolute Gasteiger partial charge is 0.322 e. The summed E-state index contributed by atoms with van der Waals surface area (Å²) in [5, 5.41) is 2.59. The molecule has 0 saturated carbocycles. The van der Waals surface area contributed by atoms with E-state index in [1.807, 2.05) is 0 Å². The summed E-state index contributed by atoms with van der Waals surface area (Å²) in [6, 6.07) is 5.03. The predicted octanol–water partition coefficient (Wildman–Crippen LogP) is 1.78. The molecule has 5 nitrogen and oxygen atoms in total.